The number of nitrogens with zero attached hydrogens (tertiary/aromatic N) is 1. The van der Waals surface area contributed by atoms with Gasteiger partial charge in [0.2, 0.25) is 5.91 Å². The summed E-state index contributed by atoms with van der Waals surface area (Å²) in [5, 5.41) is 2.96. The van der Waals surface area contributed by atoms with Crippen molar-refractivity contribution in [3.8, 4) is 0 Å². The summed E-state index contributed by atoms with van der Waals surface area (Å²) in [5.41, 5.74) is 1.83. The summed E-state index contributed by atoms with van der Waals surface area (Å²) < 4.78 is 0.827. The molecule has 92 valence electrons. The van der Waals surface area contributed by atoms with Crippen molar-refractivity contribution in [3.05, 3.63) is 22.4 Å². The molecule has 1 aliphatic carbocycles. The Bertz CT molecular complexity index is 414. The number of carbonyl (C=O) groups is 1. The summed E-state index contributed by atoms with van der Waals surface area (Å²) in [5.74, 6) is 0.334. The van der Waals surface area contributed by atoms with Crippen LogP contribution in [0.5, 0.6) is 0 Å². The van der Waals surface area contributed by atoms with Crippen LogP contribution in [0.2, 0.25) is 0 Å². The van der Waals surface area contributed by atoms with Gasteiger partial charge in [0.05, 0.1) is 11.9 Å². The van der Waals surface area contributed by atoms with Gasteiger partial charge in [-0.3, -0.25) is 4.79 Å². The van der Waals surface area contributed by atoms with Gasteiger partial charge in [-0.1, -0.05) is 19.3 Å². The quantitative estimate of drug-likeness (QED) is 0.846. The van der Waals surface area contributed by atoms with Crippen molar-refractivity contribution in [2.45, 2.75) is 39.0 Å². The Morgan fingerprint density at radius 1 is 1.41 bits per heavy atom. The molecule has 1 aliphatic rings. The second-order valence-corrected chi connectivity index (χ2v) is 5.41. The molecule has 17 heavy (non-hydrogen) atoms. The fourth-order valence-corrected chi connectivity index (χ4v) is 2.45. The van der Waals surface area contributed by atoms with Crippen LogP contribution in [-0.4, -0.2) is 10.9 Å². The third-order valence-corrected chi connectivity index (χ3v) is 4.09. The van der Waals surface area contributed by atoms with E-state index in [1.807, 2.05) is 13.0 Å². The number of nitrogens with one attached hydrogen (secondary N) is 1. The minimum atomic E-state index is 0.147. The number of aromatic nitrogens is 1. The Hall–Kier alpha value is -0.900. The highest BCUT2D eigenvalue weighted by Crippen LogP contribution is 2.25. The molecule has 1 N–H and O–H groups in total. The van der Waals surface area contributed by atoms with Crippen LogP contribution in [0.3, 0.4) is 0 Å². The van der Waals surface area contributed by atoms with E-state index in [1.165, 1.54) is 19.3 Å². The molecule has 1 aromatic rings. The number of pyridine rings is 1. The molecule has 0 bridgehead atoms. The molecule has 0 radical (unpaired) electrons. The van der Waals surface area contributed by atoms with E-state index in [0.29, 0.717) is 0 Å². The van der Waals surface area contributed by atoms with E-state index in [-0.39, 0.29) is 11.8 Å². The number of halogens is 1. The molecule has 1 fully saturated rings. The minimum absolute atomic E-state index is 0.147. The lowest BCUT2D eigenvalue weighted by atomic mass is 9.88. The number of amides is 1. The molecule has 0 aliphatic heterocycles. The van der Waals surface area contributed by atoms with Crippen LogP contribution >= 0.6 is 15.9 Å². The monoisotopic (exact) mass is 296 g/mol. The highest BCUT2D eigenvalue weighted by atomic mass is 79.9. The molecule has 0 unspecified atom stereocenters. The number of aryl methyl sites for hydroxylation is 1. The number of rotatable bonds is 2. The lowest BCUT2D eigenvalue weighted by Gasteiger charge is -2.20. The Labute approximate surface area is 110 Å². The molecule has 4 heteroatoms. The van der Waals surface area contributed by atoms with Crippen LogP contribution in [0, 0.1) is 12.8 Å². The molecule has 0 atom stereocenters. The molecular weight excluding hydrogens is 280 g/mol. The third kappa shape index (κ3) is 3.28. The summed E-state index contributed by atoms with van der Waals surface area (Å²) in [4.78, 5) is 16.2. The first-order valence-electron chi connectivity index (χ1n) is 6.10. The molecule has 0 spiro atoms. The van der Waals surface area contributed by atoms with Gasteiger partial charge in [0.15, 0.2) is 0 Å². The molecule has 0 aromatic carbocycles. The first kappa shape index (κ1) is 12.6. The number of hydrogen-bond acceptors (Lipinski definition) is 2. The SMILES string of the molecule is Cc1cc(NC(=O)C2CCCCC2)cnc1Br. The third-order valence-electron chi connectivity index (χ3n) is 3.26. The van der Waals surface area contributed by atoms with E-state index in [1.54, 1.807) is 6.20 Å². The van der Waals surface area contributed by atoms with E-state index in [2.05, 4.69) is 26.2 Å². The van der Waals surface area contributed by atoms with Crippen molar-refractivity contribution in [1.29, 1.82) is 0 Å². The van der Waals surface area contributed by atoms with Crippen LogP contribution < -0.4 is 5.32 Å². The maximum absolute atomic E-state index is 12.0. The fraction of sp³-hybridized carbons (Fsp3) is 0.538. The van der Waals surface area contributed by atoms with Gasteiger partial charge < -0.3 is 5.32 Å². The van der Waals surface area contributed by atoms with Crippen molar-refractivity contribution >= 4 is 27.5 Å². The van der Waals surface area contributed by atoms with Gasteiger partial charge in [-0.15, -0.1) is 0 Å². The van der Waals surface area contributed by atoms with Gasteiger partial charge in [-0.05, 0) is 47.3 Å². The Morgan fingerprint density at radius 2 is 2.12 bits per heavy atom. The van der Waals surface area contributed by atoms with Gasteiger partial charge in [0.25, 0.3) is 0 Å². The smallest absolute Gasteiger partial charge is 0.227 e. The van der Waals surface area contributed by atoms with Crippen LogP contribution in [0.25, 0.3) is 0 Å². The Balaban J connectivity index is 1.99. The maximum Gasteiger partial charge on any atom is 0.227 e. The van der Waals surface area contributed by atoms with Crippen molar-refractivity contribution in [3.63, 3.8) is 0 Å². The van der Waals surface area contributed by atoms with E-state index in [9.17, 15) is 4.79 Å². The molecule has 0 saturated heterocycles. The van der Waals surface area contributed by atoms with Crippen molar-refractivity contribution in [2.24, 2.45) is 5.92 Å². The second kappa shape index (κ2) is 5.63. The van der Waals surface area contributed by atoms with Gasteiger partial charge >= 0.3 is 0 Å². The Morgan fingerprint density at radius 3 is 2.76 bits per heavy atom. The molecule has 1 saturated carbocycles. The first-order valence-corrected chi connectivity index (χ1v) is 6.89. The number of anilines is 1. The summed E-state index contributed by atoms with van der Waals surface area (Å²) in [7, 11) is 0. The second-order valence-electron chi connectivity index (χ2n) is 4.66. The highest BCUT2D eigenvalue weighted by Gasteiger charge is 2.21. The zero-order chi connectivity index (χ0) is 12.3. The van der Waals surface area contributed by atoms with Gasteiger partial charge in [-0.25, -0.2) is 4.98 Å². The predicted octanol–water partition coefficient (Wildman–Crippen LogP) is 3.67. The summed E-state index contributed by atoms with van der Waals surface area (Å²) in [6.45, 7) is 1.97. The lowest BCUT2D eigenvalue weighted by Crippen LogP contribution is -2.24. The molecule has 1 heterocycles. The Kier molecular flexibility index (Phi) is 4.15. The predicted molar refractivity (Wildman–Crippen MR) is 71.9 cm³/mol. The minimum Gasteiger partial charge on any atom is -0.324 e. The number of hydrogen-bond donors (Lipinski definition) is 1. The van der Waals surface area contributed by atoms with E-state index in [0.717, 1.165) is 28.7 Å². The highest BCUT2D eigenvalue weighted by molar-refractivity contribution is 9.10. The van der Waals surface area contributed by atoms with Crippen molar-refractivity contribution < 1.29 is 4.79 Å². The van der Waals surface area contributed by atoms with Crippen molar-refractivity contribution in [2.75, 3.05) is 5.32 Å². The summed E-state index contributed by atoms with van der Waals surface area (Å²) in [6.07, 6.45) is 7.36. The normalized spacial score (nSPS) is 16.8. The lowest BCUT2D eigenvalue weighted by molar-refractivity contribution is -0.120. The van der Waals surface area contributed by atoms with Crippen LogP contribution in [0.1, 0.15) is 37.7 Å². The van der Waals surface area contributed by atoms with Crippen LogP contribution in [-0.2, 0) is 4.79 Å². The molecule has 3 nitrogen and oxygen atoms in total. The molecule has 2 rings (SSSR count). The zero-order valence-corrected chi connectivity index (χ0v) is 11.6. The summed E-state index contributed by atoms with van der Waals surface area (Å²) >= 11 is 3.35. The molecular formula is C13H17BrN2O. The first-order chi connectivity index (χ1) is 8.16. The van der Waals surface area contributed by atoms with Crippen molar-refractivity contribution in [1.82, 2.24) is 4.98 Å². The van der Waals surface area contributed by atoms with Gasteiger partial charge in [-0.2, -0.15) is 0 Å². The fourth-order valence-electron chi connectivity index (χ4n) is 2.24. The zero-order valence-electron chi connectivity index (χ0n) is 10.0. The topological polar surface area (TPSA) is 42.0 Å². The molecule has 1 amide bonds. The summed E-state index contributed by atoms with van der Waals surface area (Å²) in [6, 6.07) is 1.94. The standard InChI is InChI=1S/C13H17BrN2O/c1-9-7-11(8-15-12(9)14)16-13(17)10-5-3-2-4-6-10/h7-8,10H,2-6H2,1H3,(H,16,17). The van der Waals surface area contributed by atoms with Gasteiger partial charge in [0, 0.05) is 5.92 Å². The van der Waals surface area contributed by atoms with Crippen LogP contribution in [0.4, 0.5) is 5.69 Å². The van der Waals surface area contributed by atoms with Crippen LogP contribution in [0.15, 0.2) is 16.9 Å². The van der Waals surface area contributed by atoms with E-state index < -0.39 is 0 Å². The number of carbonyl (C=O) groups excluding carboxylic acids is 1. The average Bonchev–Trinajstić information content (AvgIpc) is 2.35. The van der Waals surface area contributed by atoms with Gasteiger partial charge in [0.1, 0.15) is 4.60 Å². The maximum atomic E-state index is 12.0. The van der Waals surface area contributed by atoms with E-state index in [4.69, 9.17) is 0 Å². The average molecular weight is 297 g/mol. The van der Waals surface area contributed by atoms with E-state index >= 15 is 0 Å². The largest absolute Gasteiger partial charge is 0.324 e. The molecule has 1 aromatic heterocycles.